The number of aliphatic hydroxyl groups excluding tert-OH is 3. The molecule has 1 fully saturated rings. The molecule has 1 saturated heterocycles. The number of benzene rings is 1. The van der Waals surface area contributed by atoms with Gasteiger partial charge in [0.1, 0.15) is 18.2 Å². The number of ether oxygens (including phenoxy) is 1. The number of nitrogens with zero attached hydrogens (tertiary/aromatic N) is 1. The Balaban J connectivity index is 2.09. The Bertz CT molecular complexity index is 637. The number of amides is 2. The largest absolute Gasteiger partial charge is 0.468 e. The zero-order chi connectivity index (χ0) is 18.4. The molecule has 5 N–H and O–H groups in total. The molecule has 0 unspecified atom stereocenters. The zero-order valence-electron chi connectivity index (χ0n) is 13.3. The van der Waals surface area contributed by atoms with Gasteiger partial charge in [-0.2, -0.15) is 0 Å². The van der Waals surface area contributed by atoms with Gasteiger partial charge in [-0.3, -0.25) is 14.9 Å². The fraction of sp³-hybridized carbons (Fsp3) is 0.400. The van der Waals surface area contributed by atoms with E-state index in [9.17, 15) is 24.9 Å². The molecule has 0 aliphatic carbocycles. The Morgan fingerprint density at radius 2 is 1.92 bits per heavy atom. The van der Waals surface area contributed by atoms with Crippen LogP contribution in [0.2, 0.25) is 0 Å². The number of aliphatic hydroxyl groups is 3. The third kappa shape index (κ3) is 4.89. The summed E-state index contributed by atoms with van der Waals surface area (Å²) in [4.78, 5) is 27.7. The smallest absolute Gasteiger partial charge is 0.437 e. The molecule has 1 aliphatic rings. The summed E-state index contributed by atoms with van der Waals surface area (Å²) in [6.45, 7) is 0.581. The summed E-state index contributed by atoms with van der Waals surface area (Å²) in [6.07, 6.45) is -5.07. The monoisotopic (exact) mass is 353 g/mol. The minimum absolute atomic E-state index is 0.352. The van der Waals surface area contributed by atoms with Gasteiger partial charge in [0.2, 0.25) is 5.91 Å². The highest BCUT2D eigenvalue weighted by molar-refractivity contribution is 5.89. The average molecular weight is 353 g/mol. The fourth-order valence-corrected chi connectivity index (χ4v) is 2.20. The van der Waals surface area contributed by atoms with Gasteiger partial charge < -0.3 is 25.4 Å². The summed E-state index contributed by atoms with van der Waals surface area (Å²) in [5.41, 5.74) is 0.472. The fourth-order valence-electron chi connectivity index (χ4n) is 2.20. The van der Waals surface area contributed by atoms with Gasteiger partial charge >= 0.3 is 6.09 Å². The van der Waals surface area contributed by atoms with E-state index in [4.69, 9.17) is 4.74 Å². The Kier molecular flexibility index (Phi) is 6.28. The maximum Gasteiger partial charge on any atom is 0.437 e. The van der Waals surface area contributed by atoms with Crippen LogP contribution in [-0.2, 0) is 14.4 Å². The highest BCUT2D eigenvalue weighted by Crippen LogP contribution is 2.18. The minimum Gasteiger partial charge on any atom is -0.468 e. The molecule has 4 atom stereocenters. The SMILES string of the molecule is CC(=O)N[C@@H]1/C(=N\OC(=O)Nc2ccccc2)O[C@H](CO)[C@@H](O)[C@H]1O. The number of anilines is 1. The highest BCUT2D eigenvalue weighted by atomic mass is 16.7. The number of hydrogen-bond donors (Lipinski definition) is 5. The second kappa shape index (κ2) is 8.42. The molecule has 2 rings (SSSR count). The van der Waals surface area contributed by atoms with Crippen LogP contribution in [0, 0.1) is 0 Å². The summed E-state index contributed by atoms with van der Waals surface area (Å²) < 4.78 is 5.20. The van der Waals surface area contributed by atoms with E-state index in [2.05, 4.69) is 20.6 Å². The molecule has 10 nitrogen and oxygen atoms in total. The minimum atomic E-state index is -1.51. The van der Waals surface area contributed by atoms with E-state index >= 15 is 0 Å². The third-order valence-corrected chi connectivity index (χ3v) is 3.39. The second-order valence-electron chi connectivity index (χ2n) is 5.30. The van der Waals surface area contributed by atoms with E-state index < -0.39 is 43.0 Å². The summed E-state index contributed by atoms with van der Waals surface area (Å²) in [5.74, 6) is -0.876. The first-order valence-corrected chi connectivity index (χ1v) is 7.44. The van der Waals surface area contributed by atoms with Crippen LogP contribution in [-0.4, -0.2) is 64.2 Å². The molecule has 136 valence electrons. The zero-order valence-corrected chi connectivity index (χ0v) is 13.3. The van der Waals surface area contributed by atoms with Crippen LogP contribution < -0.4 is 10.6 Å². The maximum atomic E-state index is 11.7. The first-order valence-electron chi connectivity index (χ1n) is 7.44. The van der Waals surface area contributed by atoms with Gasteiger partial charge in [-0.05, 0) is 17.3 Å². The molecular weight excluding hydrogens is 334 g/mol. The molecule has 2 amide bonds. The van der Waals surface area contributed by atoms with Crippen LogP contribution >= 0.6 is 0 Å². The molecule has 0 radical (unpaired) electrons. The number of oxime groups is 1. The van der Waals surface area contributed by atoms with Crippen molar-refractivity contribution >= 4 is 23.6 Å². The van der Waals surface area contributed by atoms with E-state index in [1.165, 1.54) is 6.92 Å². The van der Waals surface area contributed by atoms with E-state index in [1.54, 1.807) is 30.3 Å². The lowest BCUT2D eigenvalue weighted by Crippen LogP contribution is -2.62. The lowest BCUT2D eigenvalue weighted by atomic mass is 9.97. The molecular formula is C15H19N3O7. The lowest BCUT2D eigenvalue weighted by Gasteiger charge is -2.37. The lowest BCUT2D eigenvalue weighted by molar-refractivity contribution is -0.126. The first kappa shape index (κ1) is 18.6. The average Bonchev–Trinajstić information content (AvgIpc) is 2.59. The van der Waals surface area contributed by atoms with E-state index in [0.717, 1.165) is 0 Å². The summed E-state index contributed by atoms with van der Waals surface area (Å²) in [7, 11) is 0. The van der Waals surface area contributed by atoms with Crippen molar-refractivity contribution in [2.45, 2.75) is 31.3 Å². The van der Waals surface area contributed by atoms with Crippen LogP contribution in [0.5, 0.6) is 0 Å². The number of carbonyl (C=O) groups is 2. The van der Waals surface area contributed by atoms with Crippen molar-refractivity contribution in [3.63, 3.8) is 0 Å². The van der Waals surface area contributed by atoms with E-state index in [0.29, 0.717) is 5.69 Å². The quantitative estimate of drug-likeness (QED) is 0.350. The van der Waals surface area contributed by atoms with E-state index in [1.807, 2.05) is 0 Å². The predicted molar refractivity (Wildman–Crippen MR) is 85.6 cm³/mol. The molecule has 0 aromatic heterocycles. The number of carbonyl (C=O) groups excluding carboxylic acids is 2. The Morgan fingerprint density at radius 3 is 2.52 bits per heavy atom. The molecule has 0 saturated carbocycles. The Hall–Kier alpha value is -2.69. The van der Waals surface area contributed by atoms with Crippen LogP contribution in [0.25, 0.3) is 0 Å². The maximum absolute atomic E-state index is 11.7. The number of nitrogens with one attached hydrogen (secondary N) is 2. The molecule has 0 bridgehead atoms. The summed E-state index contributed by atoms with van der Waals surface area (Å²) in [5, 5.41) is 37.3. The van der Waals surface area contributed by atoms with Gasteiger partial charge in [0.05, 0.1) is 6.61 Å². The van der Waals surface area contributed by atoms with Crippen molar-refractivity contribution in [1.82, 2.24) is 5.32 Å². The summed E-state index contributed by atoms with van der Waals surface area (Å²) in [6, 6.07) is 7.22. The molecule has 1 aliphatic heterocycles. The molecule has 0 spiro atoms. The van der Waals surface area contributed by atoms with Gasteiger partial charge in [0, 0.05) is 12.6 Å². The highest BCUT2D eigenvalue weighted by Gasteiger charge is 2.44. The summed E-state index contributed by atoms with van der Waals surface area (Å²) >= 11 is 0. The van der Waals surface area contributed by atoms with Crippen LogP contribution in [0.4, 0.5) is 10.5 Å². The van der Waals surface area contributed by atoms with Gasteiger partial charge in [0.15, 0.2) is 6.10 Å². The topological polar surface area (TPSA) is 150 Å². The van der Waals surface area contributed by atoms with Crippen molar-refractivity contribution in [1.29, 1.82) is 0 Å². The third-order valence-electron chi connectivity index (χ3n) is 3.39. The van der Waals surface area contributed by atoms with Crippen molar-refractivity contribution in [3.05, 3.63) is 30.3 Å². The first-order chi connectivity index (χ1) is 11.9. The van der Waals surface area contributed by atoms with Crippen molar-refractivity contribution in [2.75, 3.05) is 11.9 Å². The Morgan fingerprint density at radius 1 is 1.24 bits per heavy atom. The predicted octanol–water partition coefficient (Wildman–Crippen LogP) is -0.834. The number of para-hydroxylation sites is 1. The van der Waals surface area contributed by atoms with Crippen molar-refractivity contribution in [3.8, 4) is 0 Å². The number of rotatable bonds is 4. The van der Waals surface area contributed by atoms with Gasteiger partial charge in [-0.1, -0.05) is 18.2 Å². The normalized spacial score (nSPS) is 27.3. The van der Waals surface area contributed by atoms with Crippen molar-refractivity contribution < 1.29 is 34.5 Å². The molecule has 1 aromatic rings. The molecule has 1 heterocycles. The number of hydrogen-bond acceptors (Lipinski definition) is 8. The molecule has 10 heteroatoms. The van der Waals surface area contributed by atoms with Crippen molar-refractivity contribution in [2.24, 2.45) is 5.16 Å². The standard InChI is InChI=1S/C15H19N3O7/c1-8(20)16-11-13(22)12(21)10(7-19)24-14(11)18-25-15(23)17-9-5-3-2-4-6-9/h2-6,10-13,19,21-22H,7H2,1H3,(H,16,20)(H,17,23)/b18-14+/t10-,11+,12-,13+/m1/s1. The molecule has 25 heavy (non-hydrogen) atoms. The van der Waals surface area contributed by atoms with Crippen LogP contribution in [0.1, 0.15) is 6.92 Å². The van der Waals surface area contributed by atoms with E-state index in [-0.39, 0.29) is 5.90 Å². The molecule has 1 aromatic carbocycles. The van der Waals surface area contributed by atoms with Crippen LogP contribution in [0.3, 0.4) is 0 Å². The van der Waals surface area contributed by atoms with Crippen LogP contribution in [0.15, 0.2) is 35.5 Å². The van der Waals surface area contributed by atoms with Gasteiger partial charge in [0.25, 0.3) is 5.90 Å². The second-order valence-corrected chi connectivity index (χ2v) is 5.30. The Labute approximate surface area is 143 Å². The van der Waals surface area contributed by atoms with Gasteiger partial charge in [-0.15, -0.1) is 0 Å². The van der Waals surface area contributed by atoms with Gasteiger partial charge in [-0.25, -0.2) is 4.79 Å².